The summed E-state index contributed by atoms with van der Waals surface area (Å²) in [6, 6.07) is 6.20. The van der Waals surface area contributed by atoms with E-state index in [-0.39, 0.29) is 11.9 Å². The highest BCUT2D eigenvalue weighted by molar-refractivity contribution is 7.98. The van der Waals surface area contributed by atoms with Crippen molar-refractivity contribution in [3.63, 3.8) is 0 Å². The molecule has 1 unspecified atom stereocenters. The predicted octanol–water partition coefficient (Wildman–Crippen LogP) is 2.85. The maximum absolute atomic E-state index is 12.8. The summed E-state index contributed by atoms with van der Waals surface area (Å²) in [6.07, 6.45) is 0.966. The first kappa shape index (κ1) is 14.0. The predicted molar refractivity (Wildman–Crippen MR) is 74.1 cm³/mol. The van der Waals surface area contributed by atoms with Gasteiger partial charge in [-0.25, -0.2) is 4.39 Å². The number of hydrogen-bond acceptors (Lipinski definition) is 5. The van der Waals surface area contributed by atoms with E-state index in [9.17, 15) is 4.39 Å². The van der Waals surface area contributed by atoms with Crippen molar-refractivity contribution in [2.45, 2.75) is 25.1 Å². The molecule has 1 aromatic carbocycles. The highest BCUT2D eigenvalue weighted by Gasteiger charge is 2.08. The van der Waals surface area contributed by atoms with Gasteiger partial charge >= 0.3 is 0 Å². The summed E-state index contributed by atoms with van der Waals surface area (Å²) >= 11 is 1.72. The summed E-state index contributed by atoms with van der Waals surface area (Å²) in [5, 5.41) is 3.90. The molecular formula is C13H16FN3OS. The van der Waals surface area contributed by atoms with Crippen molar-refractivity contribution < 1.29 is 8.91 Å². The number of nitrogens with two attached hydrogens (primary N) is 1. The van der Waals surface area contributed by atoms with Gasteiger partial charge in [0.05, 0.1) is 5.75 Å². The van der Waals surface area contributed by atoms with Gasteiger partial charge in [0.25, 0.3) is 5.89 Å². The number of halogens is 1. The molecule has 0 spiro atoms. The van der Waals surface area contributed by atoms with Crippen LogP contribution in [0.4, 0.5) is 4.39 Å². The number of thioether (sulfide) groups is 1. The third-order valence-electron chi connectivity index (χ3n) is 2.51. The molecule has 2 aromatic rings. The molecule has 1 aromatic heterocycles. The van der Waals surface area contributed by atoms with E-state index in [0.717, 1.165) is 17.7 Å². The van der Waals surface area contributed by atoms with E-state index < -0.39 is 0 Å². The molecule has 0 saturated carbocycles. The number of hydrogen-bond donors (Lipinski definition) is 1. The van der Waals surface area contributed by atoms with Crippen LogP contribution < -0.4 is 5.73 Å². The quantitative estimate of drug-likeness (QED) is 0.825. The van der Waals surface area contributed by atoms with Gasteiger partial charge in [0.1, 0.15) is 5.82 Å². The van der Waals surface area contributed by atoms with Crippen LogP contribution in [0.15, 0.2) is 28.8 Å². The molecule has 0 amide bonds. The van der Waals surface area contributed by atoms with Crippen LogP contribution >= 0.6 is 11.8 Å². The lowest BCUT2D eigenvalue weighted by atomic mass is 10.2. The summed E-state index contributed by atoms with van der Waals surface area (Å²) in [4.78, 5) is 4.27. The zero-order valence-corrected chi connectivity index (χ0v) is 11.5. The molecule has 0 aliphatic carbocycles. The van der Waals surface area contributed by atoms with Crippen LogP contribution in [0.5, 0.6) is 0 Å². The number of aromatic nitrogens is 2. The van der Waals surface area contributed by atoms with Crippen LogP contribution in [0.3, 0.4) is 0 Å². The van der Waals surface area contributed by atoms with E-state index in [2.05, 4.69) is 10.1 Å². The molecule has 1 heterocycles. The average molecular weight is 281 g/mol. The van der Waals surface area contributed by atoms with E-state index in [1.54, 1.807) is 23.9 Å². The van der Waals surface area contributed by atoms with Crippen molar-refractivity contribution in [1.82, 2.24) is 10.1 Å². The largest absolute Gasteiger partial charge is 0.334 e. The van der Waals surface area contributed by atoms with Crippen LogP contribution in [-0.4, -0.2) is 21.9 Å². The van der Waals surface area contributed by atoms with Gasteiger partial charge < -0.3 is 10.3 Å². The second-order valence-electron chi connectivity index (χ2n) is 4.34. The fourth-order valence-electron chi connectivity index (χ4n) is 1.45. The third kappa shape index (κ3) is 4.33. The van der Waals surface area contributed by atoms with Gasteiger partial charge in [0.2, 0.25) is 0 Å². The van der Waals surface area contributed by atoms with E-state index in [1.807, 2.05) is 6.92 Å². The van der Waals surface area contributed by atoms with Crippen LogP contribution in [0.25, 0.3) is 11.5 Å². The molecular weight excluding hydrogens is 265 g/mol. The Morgan fingerprint density at radius 3 is 2.79 bits per heavy atom. The van der Waals surface area contributed by atoms with E-state index >= 15 is 0 Å². The van der Waals surface area contributed by atoms with Crippen molar-refractivity contribution in [3.05, 3.63) is 35.9 Å². The summed E-state index contributed by atoms with van der Waals surface area (Å²) in [6.45, 7) is 1.99. The zero-order chi connectivity index (χ0) is 13.7. The summed E-state index contributed by atoms with van der Waals surface area (Å²) < 4.78 is 17.9. The first-order chi connectivity index (χ1) is 9.15. The van der Waals surface area contributed by atoms with Crippen molar-refractivity contribution >= 4 is 11.8 Å². The van der Waals surface area contributed by atoms with Gasteiger partial charge in [0, 0.05) is 11.6 Å². The molecule has 2 N–H and O–H groups in total. The van der Waals surface area contributed by atoms with Crippen LogP contribution in [-0.2, 0) is 5.75 Å². The molecule has 0 bridgehead atoms. The number of benzene rings is 1. The molecule has 6 heteroatoms. The minimum Gasteiger partial charge on any atom is -0.334 e. The Morgan fingerprint density at radius 1 is 1.37 bits per heavy atom. The first-order valence-corrected chi connectivity index (χ1v) is 7.22. The minimum absolute atomic E-state index is 0.215. The molecule has 19 heavy (non-hydrogen) atoms. The lowest BCUT2D eigenvalue weighted by Gasteiger charge is -2.02. The second kappa shape index (κ2) is 6.68. The van der Waals surface area contributed by atoms with Crippen LogP contribution in [0.2, 0.25) is 0 Å². The topological polar surface area (TPSA) is 64.9 Å². The number of rotatable bonds is 6. The Morgan fingerprint density at radius 2 is 2.11 bits per heavy atom. The van der Waals surface area contributed by atoms with Gasteiger partial charge in [-0.15, -0.1) is 0 Å². The Bertz CT molecular complexity index is 513. The highest BCUT2D eigenvalue weighted by Crippen LogP contribution is 2.19. The Kier molecular flexibility index (Phi) is 4.93. The minimum atomic E-state index is -0.282. The molecule has 102 valence electrons. The van der Waals surface area contributed by atoms with Gasteiger partial charge in [-0.1, -0.05) is 5.16 Å². The van der Waals surface area contributed by atoms with E-state index in [1.165, 1.54) is 12.1 Å². The van der Waals surface area contributed by atoms with Gasteiger partial charge in [0.15, 0.2) is 5.82 Å². The molecule has 0 saturated heterocycles. The summed E-state index contributed by atoms with van der Waals surface area (Å²) in [5.74, 6) is 2.45. The molecule has 0 aliphatic rings. The second-order valence-corrected chi connectivity index (χ2v) is 5.45. The zero-order valence-electron chi connectivity index (χ0n) is 10.7. The van der Waals surface area contributed by atoms with E-state index in [4.69, 9.17) is 10.3 Å². The van der Waals surface area contributed by atoms with Crippen molar-refractivity contribution in [1.29, 1.82) is 0 Å². The number of nitrogens with zero attached hydrogens (tertiary/aromatic N) is 2. The van der Waals surface area contributed by atoms with Crippen LogP contribution in [0.1, 0.15) is 19.2 Å². The first-order valence-electron chi connectivity index (χ1n) is 6.07. The Balaban J connectivity index is 1.90. The maximum Gasteiger partial charge on any atom is 0.257 e. The van der Waals surface area contributed by atoms with Gasteiger partial charge in [-0.2, -0.15) is 16.7 Å². The lowest BCUT2D eigenvalue weighted by Crippen LogP contribution is -2.15. The van der Waals surface area contributed by atoms with Gasteiger partial charge in [-0.3, -0.25) is 0 Å². The standard InChI is InChI=1S/C13H16FN3OS/c1-9(15)6-7-19-8-12-16-13(18-17-12)10-2-4-11(14)5-3-10/h2-5,9H,6-8,15H2,1H3. The van der Waals surface area contributed by atoms with Crippen molar-refractivity contribution in [2.75, 3.05) is 5.75 Å². The summed E-state index contributed by atoms with van der Waals surface area (Å²) in [7, 11) is 0. The van der Waals surface area contributed by atoms with Gasteiger partial charge in [-0.05, 0) is 43.4 Å². The molecule has 1 atom stereocenters. The van der Waals surface area contributed by atoms with Crippen LogP contribution in [0, 0.1) is 5.82 Å². The summed E-state index contributed by atoms with van der Waals surface area (Å²) in [5.41, 5.74) is 6.39. The Labute approximate surface area is 115 Å². The van der Waals surface area contributed by atoms with Crippen molar-refractivity contribution in [2.24, 2.45) is 5.73 Å². The molecule has 0 fully saturated rings. The molecule has 4 nitrogen and oxygen atoms in total. The SMILES string of the molecule is CC(N)CCSCc1noc(-c2ccc(F)cc2)n1. The Hall–Kier alpha value is -1.40. The average Bonchev–Trinajstić information content (AvgIpc) is 2.84. The smallest absolute Gasteiger partial charge is 0.257 e. The molecule has 2 rings (SSSR count). The maximum atomic E-state index is 12.8. The monoisotopic (exact) mass is 281 g/mol. The normalized spacial score (nSPS) is 12.6. The lowest BCUT2D eigenvalue weighted by molar-refractivity contribution is 0.425. The highest BCUT2D eigenvalue weighted by atomic mass is 32.2. The fraction of sp³-hybridized carbons (Fsp3) is 0.385. The molecule has 0 aliphatic heterocycles. The fourth-order valence-corrected chi connectivity index (χ4v) is 2.44. The van der Waals surface area contributed by atoms with E-state index in [0.29, 0.717) is 17.5 Å². The third-order valence-corrected chi connectivity index (χ3v) is 3.49. The van der Waals surface area contributed by atoms with Crippen molar-refractivity contribution in [3.8, 4) is 11.5 Å². The molecule has 0 radical (unpaired) electrons.